The summed E-state index contributed by atoms with van der Waals surface area (Å²) in [6, 6.07) is 3.79. The zero-order chi connectivity index (χ0) is 19.8. The summed E-state index contributed by atoms with van der Waals surface area (Å²) in [6.45, 7) is 1.55. The summed E-state index contributed by atoms with van der Waals surface area (Å²) >= 11 is 0. The number of aromatic nitrogens is 5. The molecule has 3 aromatic rings. The van der Waals surface area contributed by atoms with Crippen LogP contribution in [0.2, 0.25) is 0 Å². The molecule has 29 heavy (non-hydrogen) atoms. The van der Waals surface area contributed by atoms with Crippen molar-refractivity contribution in [1.29, 1.82) is 0 Å². The maximum Gasteiger partial charge on any atom is 0.260 e. The third-order valence-electron chi connectivity index (χ3n) is 6.03. The van der Waals surface area contributed by atoms with E-state index in [9.17, 15) is 4.79 Å². The maximum atomic E-state index is 12.3. The predicted molar refractivity (Wildman–Crippen MR) is 106 cm³/mol. The van der Waals surface area contributed by atoms with E-state index in [4.69, 9.17) is 4.52 Å². The number of pyridine rings is 1. The molecular weight excluding hydrogens is 368 g/mol. The Balaban J connectivity index is 1.38. The summed E-state index contributed by atoms with van der Waals surface area (Å²) < 4.78 is 7.36. The van der Waals surface area contributed by atoms with Crippen LogP contribution in [0.1, 0.15) is 43.8 Å². The lowest BCUT2D eigenvalue weighted by molar-refractivity contribution is -0.135. The Labute approximate surface area is 168 Å². The molecule has 8 heteroatoms. The number of carbonyl (C=O) groups is 1. The van der Waals surface area contributed by atoms with Gasteiger partial charge in [0, 0.05) is 50.4 Å². The molecule has 0 aromatic carbocycles. The lowest BCUT2D eigenvalue weighted by Crippen LogP contribution is -2.43. The maximum absolute atomic E-state index is 12.3. The summed E-state index contributed by atoms with van der Waals surface area (Å²) in [5.41, 5.74) is 2.46. The van der Waals surface area contributed by atoms with Crippen LogP contribution in [0.4, 0.5) is 0 Å². The minimum absolute atomic E-state index is 0.115. The van der Waals surface area contributed by atoms with Gasteiger partial charge < -0.3 is 9.42 Å². The fraction of sp³-hybridized carbons (Fsp3) is 0.476. The minimum Gasteiger partial charge on any atom is -0.342 e. The fourth-order valence-corrected chi connectivity index (χ4v) is 4.15. The van der Waals surface area contributed by atoms with Crippen molar-refractivity contribution >= 4 is 5.91 Å². The van der Waals surface area contributed by atoms with Crippen molar-refractivity contribution in [2.45, 2.75) is 38.0 Å². The van der Waals surface area contributed by atoms with E-state index >= 15 is 0 Å². The highest BCUT2D eigenvalue weighted by Gasteiger charge is 2.32. The van der Waals surface area contributed by atoms with Crippen LogP contribution in [0.3, 0.4) is 0 Å². The molecule has 0 N–H and O–H groups in total. The third kappa shape index (κ3) is 3.54. The number of nitrogens with zero attached hydrogens (tertiary/aromatic N) is 6. The predicted octanol–water partition coefficient (Wildman–Crippen LogP) is 3.04. The molecule has 0 bridgehead atoms. The second kappa shape index (κ2) is 7.42. The lowest BCUT2D eigenvalue weighted by atomic mass is 9.84. The van der Waals surface area contributed by atoms with Crippen molar-refractivity contribution in [1.82, 2.24) is 29.8 Å². The van der Waals surface area contributed by atoms with Crippen molar-refractivity contribution in [3.05, 3.63) is 36.5 Å². The normalized spacial score (nSPS) is 20.1. The Morgan fingerprint density at radius 1 is 1.28 bits per heavy atom. The zero-order valence-electron chi connectivity index (χ0n) is 16.5. The van der Waals surface area contributed by atoms with Crippen molar-refractivity contribution in [2.75, 3.05) is 13.1 Å². The van der Waals surface area contributed by atoms with Gasteiger partial charge in [-0.1, -0.05) is 11.6 Å². The van der Waals surface area contributed by atoms with Gasteiger partial charge in [-0.15, -0.1) is 0 Å². The van der Waals surface area contributed by atoms with Crippen LogP contribution in [0.5, 0.6) is 0 Å². The van der Waals surface area contributed by atoms with Crippen molar-refractivity contribution < 1.29 is 9.32 Å². The van der Waals surface area contributed by atoms with E-state index in [0.717, 1.165) is 29.8 Å². The van der Waals surface area contributed by atoms with Gasteiger partial charge in [-0.05, 0) is 37.3 Å². The largest absolute Gasteiger partial charge is 0.342 e. The molecule has 1 saturated carbocycles. The standard InChI is InChI=1S/C21H24N6O2/c1-26-12-16(10-23-26)19-17(6-3-9-22-19)21-24-20(25-29-21)15-7-8-18(28)27(13-15)11-14-4-2-5-14/h3,6,9-10,12,14-15H,2,4-5,7-8,11,13H2,1H3. The summed E-state index contributed by atoms with van der Waals surface area (Å²) in [5, 5.41) is 8.49. The van der Waals surface area contributed by atoms with Crippen LogP contribution >= 0.6 is 0 Å². The topological polar surface area (TPSA) is 89.9 Å². The van der Waals surface area contributed by atoms with Gasteiger partial charge in [0.15, 0.2) is 5.82 Å². The molecule has 1 aliphatic carbocycles. The molecule has 4 heterocycles. The Kier molecular flexibility index (Phi) is 4.61. The molecule has 1 amide bonds. The van der Waals surface area contributed by atoms with Gasteiger partial charge in [-0.25, -0.2) is 0 Å². The van der Waals surface area contributed by atoms with E-state index in [2.05, 4.69) is 20.2 Å². The monoisotopic (exact) mass is 392 g/mol. The first-order valence-corrected chi connectivity index (χ1v) is 10.2. The summed E-state index contributed by atoms with van der Waals surface area (Å²) in [4.78, 5) is 23.5. The number of piperidine rings is 1. The van der Waals surface area contributed by atoms with Gasteiger partial charge in [0.2, 0.25) is 5.91 Å². The Bertz CT molecular complexity index is 1020. The molecule has 150 valence electrons. The molecule has 5 rings (SSSR count). The molecule has 2 fully saturated rings. The van der Waals surface area contributed by atoms with Gasteiger partial charge in [0.25, 0.3) is 5.89 Å². The summed E-state index contributed by atoms with van der Waals surface area (Å²) in [5.74, 6) is 2.16. The zero-order valence-corrected chi connectivity index (χ0v) is 16.5. The molecule has 8 nitrogen and oxygen atoms in total. The molecule has 1 unspecified atom stereocenters. The van der Waals surface area contributed by atoms with Crippen molar-refractivity contribution in [3.63, 3.8) is 0 Å². The van der Waals surface area contributed by atoms with Gasteiger partial charge >= 0.3 is 0 Å². The van der Waals surface area contributed by atoms with Crippen LogP contribution in [0.25, 0.3) is 22.7 Å². The van der Waals surface area contributed by atoms with Gasteiger partial charge in [0.1, 0.15) is 0 Å². The first-order valence-electron chi connectivity index (χ1n) is 10.2. The smallest absolute Gasteiger partial charge is 0.260 e. The van der Waals surface area contributed by atoms with E-state index in [-0.39, 0.29) is 11.8 Å². The van der Waals surface area contributed by atoms with Crippen LogP contribution in [-0.4, -0.2) is 48.8 Å². The van der Waals surface area contributed by atoms with Gasteiger partial charge in [-0.2, -0.15) is 10.1 Å². The highest BCUT2D eigenvalue weighted by molar-refractivity contribution is 5.77. The van der Waals surface area contributed by atoms with E-state index in [1.165, 1.54) is 19.3 Å². The molecule has 3 aromatic heterocycles. The number of hydrogen-bond acceptors (Lipinski definition) is 6. The molecule has 1 aliphatic heterocycles. The van der Waals surface area contributed by atoms with Crippen molar-refractivity contribution in [2.24, 2.45) is 13.0 Å². The average Bonchev–Trinajstić information content (AvgIpc) is 3.35. The average molecular weight is 392 g/mol. The quantitative estimate of drug-likeness (QED) is 0.663. The van der Waals surface area contributed by atoms with Crippen molar-refractivity contribution in [3.8, 4) is 22.7 Å². The fourth-order valence-electron chi connectivity index (χ4n) is 4.15. The van der Waals surface area contributed by atoms with E-state index in [1.54, 1.807) is 17.1 Å². The molecule has 2 aliphatic rings. The van der Waals surface area contributed by atoms with E-state index in [1.807, 2.05) is 30.3 Å². The molecule has 1 atom stereocenters. The molecular formula is C21H24N6O2. The number of amides is 1. The van der Waals surface area contributed by atoms with Crippen LogP contribution in [-0.2, 0) is 11.8 Å². The van der Waals surface area contributed by atoms with Crippen LogP contribution in [0, 0.1) is 5.92 Å². The second-order valence-electron chi connectivity index (χ2n) is 8.09. The number of rotatable bonds is 5. The number of carbonyl (C=O) groups excluding carboxylic acids is 1. The first kappa shape index (κ1) is 18.0. The highest BCUT2D eigenvalue weighted by Crippen LogP contribution is 2.33. The SMILES string of the molecule is Cn1cc(-c2ncccc2-c2nc(C3CCC(=O)N(CC4CCC4)C3)no2)cn1. The third-order valence-corrected chi connectivity index (χ3v) is 6.03. The molecule has 0 spiro atoms. The number of likely N-dealkylation sites (tertiary alicyclic amines) is 1. The molecule has 0 radical (unpaired) electrons. The first-order chi connectivity index (χ1) is 14.2. The van der Waals surface area contributed by atoms with E-state index < -0.39 is 0 Å². The summed E-state index contributed by atoms with van der Waals surface area (Å²) in [6.07, 6.45) is 10.5. The van der Waals surface area contributed by atoms with Crippen LogP contribution in [0.15, 0.2) is 35.2 Å². The minimum atomic E-state index is 0.115. The number of aryl methyl sites for hydroxylation is 1. The van der Waals surface area contributed by atoms with Crippen LogP contribution < -0.4 is 0 Å². The second-order valence-corrected chi connectivity index (χ2v) is 8.09. The summed E-state index contributed by atoms with van der Waals surface area (Å²) in [7, 11) is 1.87. The Morgan fingerprint density at radius 3 is 2.93 bits per heavy atom. The lowest BCUT2D eigenvalue weighted by Gasteiger charge is -2.36. The van der Waals surface area contributed by atoms with Gasteiger partial charge in [0.05, 0.1) is 17.5 Å². The Morgan fingerprint density at radius 2 is 2.17 bits per heavy atom. The van der Waals surface area contributed by atoms with Gasteiger partial charge in [-0.3, -0.25) is 14.5 Å². The number of hydrogen-bond donors (Lipinski definition) is 0. The molecule has 1 saturated heterocycles. The van der Waals surface area contributed by atoms with E-state index in [0.29, 0.717) is 30.6 Å². The Hall–Kier alpha value is -3.03. The highest BCUT2D eigenvalue weighted by atomic mass is 16.5.